The van der Waals surface area contributed by atoms with Gasteiger partial charge in [-0.1, -0.05) is 12.1 Å². The van der Waals surface area contributed by atoms with Crippen molar-refractivity contribution < 1.29 is 13.9 Å². The fourth-order valence-electron chi connectivity index (χ4n) is 2.66. The predicted molar refractivity (Wildman–Crippen MR) is 100 cm³/mol. The lowest BCUT2D eigenvalue weighted by Gasteiger charge is -2.19. The molecule has 6 nitrogen and oxygen atoms in total. The van der Waals surface area contributed by atoms with Gasteiger partial charge < -0.3 is 10.1 Å². The molecule has 2 heterocycles. The molecule has 0 atom stereocenters. The van der Waals surface area contributed by atoms with Gasteiger partial charge in [0.25, 0.3) is 0 Å². The molecule has 0 bridgehead atoms. The fourth-order valence-corrected chi connectivity index (χ4v) is 2.66. The summed E-state index contributed by atoms with van der Waals surface area (Å²) in [5, 5.41) is 9.91. The van der Waals surface area contributed by atoms with E-state index in [4.69, 9.17) is 4.74 Å². The zero-order chi connectivity index (χ0) is 19.4. The summed E-state index contributed by atoms with van der Waals surface area (Å²) >= 11 is 0. The van der Waals surface area contributed by atoms with Gasteiger partial charge in [-0.3, -0.25) is 10.1 Å². The van der Waals surface area contributed by atoms with Crippen LogP contribution in [0.4, 0.5) is 9.18 Å². The summed E-state index contributed by atoms with van der Waals surface area (Å²) in [6, 6.07) is 10.1. The summed E-state index contributed by atoms with van der Waals surface area (Å²) in [5.41, 5.74) is 2.43. The van der Waals surface area contributed by atoms with E-state index in [0.29, 0.717) is 22.5 Å². The molecular formula is C20H21FN4O2. The third-order valence-corrected chi connectivity index (χ3v) is 3.75. The van der Waals surface area contributed by atoms with Crippen molar-refractivity contribution in [3.63, 3.8) is 0 Å². The molecule has 0 unspecified atom stereocenters. The number of benzene rings is 1. The summed E-state index contributed by atoms with van der Waals surface area (Å²) < 4.78 is 19.6. The molecule has 1 aromatic carbocycles. The van der Waals surface area contributed by atoms with Crippen molar-refractivity contribution in [1.82, 2.24) is 20.5 Å². The number of nitrogens with one attached hydrogen (secondary N) is 2. The van der Waals surface area contributed by atoms with Crippen LogP contribution in [0.25, 0.3) is 22.4 Å². The highest BCUT2D eigenvalue weighted by Gasteiger charge is 2.21. The van der Waals surface area contributed by atoms with Crippen LogP contribution in [0.2, 0.25) is 0 Å². The van der Waals surface area contributed by atoms with E-state index >= 15 is 0 Å². The molecule has 0 radical (unpaired) electrons. The first-order valence-electron chi connectivity index (χ1n) is 8.54. The topological polar surface area (TPSA) is 79.9 Å². The van der Waals surface area contributed by atoms with E-state index in [0.717, 1.165) is 5.56 Å². The Labute approximate surface area is 156 Å². The van der Waals surface area contributed by atoms with E-state index in [1.165, 1.54) is 6.07 Å². The molecule has 0 fully saturated rings. The Morgan fingerprint density at radius 1 is 1.19 bits per heavy atom. The molecule has 27 heavy (non-hydrogen) atoms. The highest BCUT2D eigenvalue weighted by Crippen LogP contribution is 2.34. The second-order valence-corrected chi connectivity index (χ2v) is 7.00. The van der Waals surface area contributed by atoms with Crippen LogP contribution in [-0.4, -0.2) is 26.9 Å². The molecule has 0 saturated carbocycles. The first-order chi connectivity index (χ1) is 12.8. The van der Waals surface area contributed by atoms with Gasteiger partial charge in [0.1, 0.15) is 17.1 Å². The Kier molecular flexibility index (Phi) is 5.21. The molecule has 3 rings (SSSR count). The van der Waals surface area contributed by atoms with Gasteiger partial charge in [-0.2, -0.15) is 5.10 Å². The van der Waals surface area contributed by atoms with Crippen LogP contribution in [0.5, 0.6) is 0 Å². The molecule has 3 aromatic rings. The maximum absolute atomic E-state index is 14.3. The van der Waals surface area contributed by atoms with Gasteiger partial charge in [0, 0.05) is 23.5 Å². The number of carbonyl (C=O) groups excluding carboxylic acids is 1. The molecule has 0 spiro atoms. The third kappa shape index (κ3) is 4.49. The normalized spacial score (nSPS) is 11.3. The van der Waals surface area contributed by atoms with E-state index in [2.05, 4.69) is 20.5 Å². The number of ether oxygens (including phenoxy) is 1. The first kappa shape index (κ1) is 18.6. The van der Waals surface area contributed by atoms with E-state index in [1.807, 2.05) is 12.1 Å². The summed E-state index contributed by atoms with van der Waals surface area (Å²) in [6.45, 7) is 5.54. The number of hydrogen-bond acceptors (Lipinski definition) is 4. The molecule has 140 valence electrons. The lowest BCUT2D eigenvalue weighted by molar-refractivity contribution is 0.0523. The highest BCUT2D eigenvalue weighted by atomic mass is 19.1. The van der Waals surface area contributed by atoms with Gasteiger partial charge in [-0.05, 0) is 50.6 Å². The molecule has 0 aliphatic rings. The number of H-pyrrole nitrogens is 1. The Balaban J connectivity index is 1.96. The number of carbonyl (C=O) groups is 1. The van der Waals surface area contributed by atoms with Crippen molar-refractivity contribution >= 4 is 6.09 Å². The minimum absolute atomic E-state index is 0.161. The van der Waals surface area contributed by atoms with Crippen LogP contribution in [-0.2, 0) is 11.3 Å². The van der Waals surface area contributed by atoms with Gasteiger partial charge in [-0.15, -0.1) is 0 Å². The van der Waals surface area contributed by atoms with Gasteiger partial charge in [0.15, 0.2) is 0 Å². The number of aromatic nitrogens is 3. The predicted octanol–water partition coefficient (Wildman–Crippen LogP) is 4.30. The number of nitrogens with zero attached hydrogens (tertiary/aromatic N) is 2. The minimum atomic E-state index is -0.593. The van der Waals surface area contributed by atoms with Crippen molar-refractivity contribution in [1.29, 1.82) is 0 Å². The molecule has 0 aliphatic heterocycles. The van der Waals surface area contributed by atoms with Crippen molar-refractivity contribution in [3.05, 3.63) is 60.3 Å². The number of alkyl carbamates (subject to hydrolysis) is 1. The monoisotopic (exact) mass is 368 g/mol. The smallest absolute Gasteiger partial charge is 0.407 e. The second kappa shape index (κ2) is 7.57. The van der Waals surface area contributed by atoms with Gasteiger partial charge in [0.2, 0.25) is 0 Å². The van der Waals surface area contributed by atoms with Crippen LogP contribution in [0, 0.1) is 5.82 Å². The average molecular weight is 368 g/mol. The lowest BCUT2D eigenvalue weighted by atomic mass is 9.99. The third-order valence-electron chi connectivity index (χ3n) is 3.75. The van der Waals surface area contributed by atoms with Crippen LogP contribution in [0.15, 0.2) is 48.8 Å². The molecule has 0 aliphatic carbocycles. The lowest BCUT2D eigenvalue weighted by Crippen LogP contribution is -2.32. The first-order valence-corrected chi connectivity index (χ1v) is 8.54. The van der Waals surface area contributed by atoms with Gasteiger partial charge in [0.05, 0.1) is 12.2 Å². The second-order valence-electron chi connectivity index (χ2n) is 7.00. The minimum Gasteiger partial charge on any atom is -0.444 e. The molecule has 7 heteroatoms. The summed E-state index contributed by atoms with van der Waals surface area (Å²) in [5.74, 6) is -0.369. The van der Waals surface area contributed by atoms with E-state index in [-0.39, 0.29) is 12.4 Å². The number of amides is 1. The van der Waals surface area contributed by atoms with Crippen molar-refractivity contribution in [2.75, 3.05) is 0 Å². The molecule has 2 N–H and O–H groups in total. The Morgan fingerprint density at radius 2 is 1.89 bits per heavy atom. The van der Waals surface area contributed by atoms with Crippen LogP contribution in [0.3, 0.4) is 0 Å². The van der Waals surface area contributed by atoms with Crippen LogP contribution < -0.4 is 5.32 Å². The maximum atomic E-state index is 14.3. The van der Waals surface area contributed by atoms with Crippen molar-refractivity contribution in [2.24, 2.45) is 0 Å². The zero-order valence-electron chi connectivity index (χ0n) is 15.4. The molecule has 0 saturated heterocycles. The molecular weight excluding hydrogens is 347 g/mol. The largest absolute Gasteiger partial charge is 0.444 e. The fraction of sp³-hybridized carbons (Fsp3) is 0.250. The quantitative estimate of drug-likeness (QED) is 0.719. The highest BCUT2D eigenvalue weighted by molar-refractivity contribution is 5.83. The summed E-state index contributed by atoms with van der Waals surface area (Å²) in [4.78, 5) is 16.0. The zero-order valence-corrected chi connectivity index (χ0v) is 15.4. The maximum Gasteiger partial charge on any atom is 0.407 e. The molecule has 2 aromatic heterocycles. The standard InChI is InChI=1S/C20H21FN4O2/c1-20(2,3)27-19(26)23-12-16-17(13-8-10-22-11-9-13)18(25-24-16)14-6-4-5-7-15(14)21/h4-11H,12H2,1-3H3,(H,23,26)(H,24,25). The van der Waals surface area contributed by atoms with Crippen LogP contribution in [0.1, 0.15) is 26.5 Å². The number of hydrogen-bond donors (Lipinski definition) is 2. The summed E-state index contributed by atoms with van der Waals surface area (Å²) in [6.07, 6.45) is 2.77. The SMILES string of the molecule is CC(C)(C)OC(=O)NCc1[nH]nc(-c2ccccc2F)c1-c1ccncc1. The average Bonchev–Trinajstić information content (AvgIpc) is 3.03. The Hall–Kier alpha value is -3.22. The van der Waals surface area contributed by atoms with E-state index < -0.39 is 11.7 Å². The van der Waals surface area contributed by atoms with Crippen LogP contribution >= 0.6 is 0 Å². The van der Waals surface area contributed by atoms with Gasteiger partial charge in [-0.25, -0.2) is 9.18 Å². The number of pyridine rings is 1. The Morgan fingerprint density at radius 3 is 2.56 bits per heavy atom. The number of aromatic amines is 1. The Bertz CT molecular complexity index is 933. The van der Waals surface area contributed by atoms with Crippen molar-refractivity contribution in [2.45, 2.75) is 32.9 Å². The molecule has 1 amide bonds. The van der Waals surface area contributed by atoms with E-state index in [9.17, 15) is 9.18 Å². The van der Waals surface area contributed by atoms with E-state index in [1.54, 1.807) is 51.4 Å². The summed E-state index contributed by atoms with van der Waals surface area (Å²) in [7, 11) is 0. The van der Waals surface area contributed by atoms with Crippen molar-refractivity contribution in [3.8, 4) is 22.4 Å². The van der Waals surface area contributed by atoms with Gasteiger partial charge >= 0.3 is 6.09 Å². The number of halogens is 1. The number of rotatable bonds is 4.